The molecule has 0 bridgehead atoms. The topological polar surface area (TPSA) is 59.1 Å². The minimum absolute atomic E-state index is 0.218. The van der Waals surface area contributed by atoms with Gasteiger partial charge in [-0.1, -0.05) is 24.3 Å². The van der Waals surface area contributed by atoms with Gasteiger partial charge in [-0.2, -0.15) is 4.98 Å². The third-order valence-electron chi connectivity index (χ3n) is 3.90. The first-order chi connectivity index (χ1) is 12.7. The summed E-state index contributed by atoms with van der Waals surface area (Å²) in [5, 5.41) is 6.47. The first kappa shape index (κ1) is 17.7. The van der Waals surface area contributed by atoms with Gasteiger partial charge in [0, 0.05) is 19.3 Å². The van der Waals surface area contributed by atoms with E-state index in [4.69, 9.17) is 4.74 Å². The molecule has 0 atom stereocenters. The van der Waals surface area contributed by atoms with Crippen LogP contribution in [0.2, 0.25) is 0 Å². The van der Waals surface area contributed by atoms with E-state index in [-0.39, 0.29) is 5.82 Å². The quantitative estimate of drug-likeness (QED) is 0.644. The fourth-order valence-electron chi connectivity index (χ4n) is 2.45. The van der Waals surface area contributed by atoms with Crippen LogP contribution in [0.1, 0.15) is 11.1 Å². The molecule has 6 heteroatoms. The van der Waals surface area contributed by atoms with Crippen molar-refractivity contribution in [2.24, 2.45) is 0 Å². The fourth-order valence-corrected chi connectivity index (χ4v) is 2.45. The van der Waals surface area contributed by atoms with Gasteiger partial charge in [0.25, 0.3) is 0 Å². The van der Waals surface area contributed by atoms with Crippen molar-refractivity contribution < 1.29 is 9.13 Å². The van der Waals surface area contributed by atoms with E-state index in [1.807, 2.05) is 30.3 Å². The number of ether oxygens (including phenoxy) is 1. The van der Waals surface area contributed by atoms with Crippen molar-refractivity contribution in [3.63, 3.8) is 0 Å². The van der Waals surface area contributed by atoms with Crippen molar-refractivity contribution in [3.05, 3.63) is 77.7 Å². The van der Waals surface area contributed by atoms with E-state index in [0.717, 1.165) is 29.1 Å². The summed E-state index contributed by atoms with van der Waals surface area (Å²) in [5.74, 6) is 1.93. The minimum Gasteiger partial charge on any atom is -0.497 e. The zero-order chi connectivity index (χ0) is 18.2. The van der Waals surface area contributed by atoms with Crippen molar-refractivity contribution in [2.45, 2.75) is 13.0 Å². The Balaban J connectivity index is 1.49. The molecule has 0 saturated heterocycles. The Labute approximate surface area is 152 Å². The minimum atomic E-state index is -0.218. The van der Waals surface area contributed by atoms with Crippen LogP contribution in [0.15, 0.2) is 60.8 Å². The Morgan fingerprint density at radius 2 is 1.65 bits per heavy atom. The first-order valence-corrected chi connectivity index (χ1v) is 8.41. The van der Waals surface area contributed by atoms with Crippen LogP contribution in [0, 0.1) is 5.82 Å². The van der Waals surface area contributed by atoms with Gasteiger partial charge in [-0.25, -0.2) is 9.37 Å². The van der Waals surface area contributed by atoms with Crippen molar-refractivity contribution in [2.75, 3.05) is 24.3 Å². The molecule has 2 aromatic carbocycles. The van der Waals surface area contributed by atoms with Gasteiger partial charge in [0.05, 0.1) is 7.11 Å². The molecule has 2 N–H and O–H groups in total. The number of methoxy groups -OCH3 is 1. The first-order valence-electron chi connectivity index (χ1n) is 8.41. The van der Waals surface area contributed by atoms with Gasteiger partial charge in [-0.3, -0.25) is 0 Å². The summed E-state index contributed by atoms with van der Waals surface area (Å²) in [6.07, 6.45) is 2.50. The molecular weight excluding hydrogens is 331 g/mol. The number of halogens is 1. The molecule has 0 aliphatic rings. The molecule has 1 aromatic heterocycles. The summed E-state index contributed by atoms with van der Waals surface area (Å²) in [4.78, 5) is 8.68. The Morgan fingerprint density at radius 3 is 2.38 bits per heavy atom. The summed E-state index contributed by atoms with van der Waals surface area (Å²) in [6.45, 7) is 1.34. The summed E-state index contributed by atoms with van der Waals surface area (Å²) in [6, 6.07) is 16.2. The Hall–Kier alpha value is -3.15. The van der Waals surface area contributed by atoms with Crippen LogP contribution in [-0.4, -0.2) is 23.6 Å². The average molecular weight is 352 g/mol. The SMILES string of the molecule is COc1ccc(CNc2nccc(NCCc3ccc(F)cc3)n2)cc1. The molecule has 0 aliphatic carbocycles. The lowest BCUT2D eigenvalue weighted by Crippen LogP contribution is -2.09. The van der Waals surface area contributed by atoms with E-state index >= 15 is 0 Å². The highest BCUT2D eigenvalue weighted by atomic mass is 19.1. The lowest BCUT2D eigenvalue weighted by molar-refractivity contribution is 0.414. The maximum Gasteiger partial charge on any atom is 0.224 e. The average Bonchev–Trinajstić information content (AvgIpc) is 2.69. The molecule has 3 aromatic rings. The highest BCUT2D eigenvalue weighted by Crippen LogP contribution is 2.13. The molecule has 0 saturated carbocycles. The number of hydrogen-bond acceptors (Lipinski definition) is 5. The number of aromatic nitrogens is 2. The number of nitrogens with one attached hydrogen (secondary N) is 2. The van der Waals surface area contributed by atoms with Gasteiger partial charge >= 0.3 is 0 Å². The molecule has 0 unspecified atom stereocenters. The standard InChI is InChI=1S/C20H21FN4O/c1-26-18-8-4-16(5-9-18)14-24-20-23-13-11-19(25-20)22-12-10-15-2-6-17(21)7-3-15/h2-9,11,13H,10,12,14H2,1H3,(H2,22,23,24,25). The number of rotatable bonds is 8. The fraction of sp³-hybridized carbons (Fsp3) is 0.200. The lowest BCUT2D eigenvalue weighted by atomic mass is 10.1. The summed E-state index contributed by atoms with van der Waals surface area (Å²) < 4.78 is 18.1. The predicted octanol–water partition coefficient (Wildman–Crippen LogP) is 3.89. The molecule has 0 amide bonds. The van der Waals surface area contributed by atoms with Gasteiger partial charge in [0.1, 0.15) is 17.4 Å². The zero-order valence-corrected chi connectivity index (χ0v) is 14.6. The second-order valence-corrected chi connectivity index (χ2v) is 5.77. The molecule has 3 rings (SSSR count). The Kier molecular flexibility index (Phi) is 5.98. The van der Waals surface area contributed by atoms with Crippen LogP contribution in [-0.2, 0) is 13.0 Å². The molecule has 1 heterocycles. The maximum absolute atomic E-state index is 12.9. The molecular formula is C20H21FN4O. The van der Waals surface area contributed by atoms with E-state index in [0.29, 0.717) is 19.0 Å². The van der Waals surface area contributed by atoms with Gasteiger partial charge in [-0.15, -0.1) is 0 Å². The van der Waals surface area contributed by atoms with E-state index in [1.54, 1.807) is 25.4 Å². The van der Waals surface area contributed by atoms with Crippen molar-refractivity contribution in [1.29, 1.82) is 0 Å². The van der Waals surface area contributed by atoms with E-state index in [2.05, 4.69) is 20.6 Å². The van der Waals surface area contributed by atoms with E-state index in [9.17, 15) is 4.39 Å². The molecule has 134 valence electrons. The Morgan fingerprint density at radius 1 is 0.923 bits per heavy atom. The van der Waals surface area contributed by atoms with Crippen LogP contribution >= 0.6 is 0 Å². The van der Waals surface area contributed by atoms with Crippen LogP contribution in [0.4, 0.5) is 16.2 Å². The molecule has 0 aliphatic heterocycles. The third kappa shape index (κ3) is 5.17. The van der Waals surface area contributed by atoms with Crippen LogP contribution in [0.3, 0.4) is 0 Å². The number of nitrogens with zero attached hydrogens (tertiary/aromatic N) is 2. The molecule has 0 spiro atoms. The number of benzene rings is 2. The molecule has 26 heavy (non-hydrogen) atoms. The molecule has 0 fully saturated rings. The predicted molar refractivity (Wildman–Crippen MR) is 101 cm³/mol. The summed E-state index contributed by atoms with van der Waals surface area (Å²) in [7, 11) is 1.65. The highest BCUT2D eigenvalue weighted by Gasteiger charge is 2.01. The Bertz CT molecular complexity index is 822. The summed E-state index contributed by atoms with van der Waals surface area (Å²) >= 11 is 0. The third-order valence-corrected chi connectivity index (χ3v) is 3.90. The van der Waals surface area contributed by atoms with Crippen molar-refractivity contribution in [1.82, 2.24) is 9.97 Å². The van der Waals surface area contributed by atoms with Crippen LogP contribution in [0.25, 0.3) is 0 Å². The summed E-state index contributed by atoms with van der Waals surface area (Å²) in [5.41, 5.74) is 2.19. The maximum atomic E-state index is 12.9. The van der Waals surface area contributed by atoms with Gasteiger partial charge in [-0.05, 0) is 47.9 Å². The van der Waals surface area contributed by atoms with Gasteiger partial charge < -0.3 is 15.4 Å². The second-order valence-electron chi connectivity index (χ2n) is 5.77. The van der Waals surface area contributed by atoms with E-state index < -0.39 is 0 Å². The molecule has 5 nitrogen and oxygen atoms in total. The van der Waals surface area contributed by atoms with Crippen molar-refractivity contribution >= 4 is 11.8 Å². The second kappa shape index (κ2) is 8.80. The zero-order valence-electron chi connectivity index (χ0n) is 14.6. The van der Waals surface area contributed by atoms with Gasteiger partial charge in [0.15, 0.2) is 0 Å². The number of anilines is 2. The normalized spacial score (nSPS) is 10.4. The van der Waals surface area contributed by atoms with Crippen LogP contribution < -0.4 is 15.4 Å². The smallest absolute Gasteiger partial charge is 0.224 e. The van der Waals surface area contributed by atoms with Crippen molar-refractivity contribution in [3.8, 4) is 5.75 Å². The monoisotopic (exact) mass is 352 g/mol. The van der Waals surface area contributed by atoms with Crippen LogP contribution in [0.5, 0.6) is 5.75 Å². The van der Waals surface area contributed by atoms with E-state index in [1.165, 1.54) is 12.1 Å². The lowest BCUT2D eigenvalue weighted by Gasteiger charge is -2.09. The highest BCUT2D eigenvalue weighted by molar-refractivity contribution is 5.40. The number of hydrogen-bond donors (Lipinski definition) is 2. The van der Waals surface area contributed by atoms with Gasteiger partial charge in [0.2, 0.25) is 5.95 Å². The molecule has 0 radical (unpaired) electrons. The largest absolute Gasteiger partial charge is 0.497 e.